The summed E-state index contributed by atoms with van der Waals surface area (Å²) in [5.41, 5.74) is 0.0838. The minimum Gasteiger partial charge on any atom is -0.490 e. The second-order valence-corrected chi connectivity index (χ2v) is 5.95. The van der Waals surface area contributed by atoms with Crippen molar-refractivity contribution in [3.05, 3.63) is 23.8 Å². The lowest BCUT2D eigenvalue weighted by atomic mass is 9.95. The molecule has 1 N–H and O–H groups in total. The maximum atomic E-state index is 12.4. The van der Waals surface area contributed by atoms with E-state index in [1.807, 2.05) is 0 Å². The van der Waals surface area contributed by atoms with Gasteiger partial charge in [-0.3, -0.25) is 4.79 Å². The number of hydrogen-bond acceptors (Lipinski definition) is 5. The molecule has 6 nitrogen and oxygen atoms in total. The monoisotopic (exact) mass is 371 g/mol. The van der Waals surface area contributed by atoms with Crippen LogP contribution in [0.1, 0.15) is 49.4 Å². The van der Waals surface area contributed by atoms with E-state index < -0.39 is 19.2 Å². The molecule has 1 saturated carbocycles. The summed E-state index contributed by atoms with van der Waals surface area (Å²) in [6, 6.07) is 3.87. The van der Waals surface area contributed by atoms with E-state index in [1.165, 1.54) is 24.6 Å². The zero-order valence-electron chi connectivity index (χ0n) is 14.6. The van der Waals surface area contributed by atoms with Gasteiger partial charge in [0.15, 0.2) is 18.1 Å². The molecule has 1 fully saturated rings. The van der Waals surface area contributed by atoms with Crippen molar-refractivity contribution < 1.29 is 32.6 Å². The van der Waals surface area contributed by atoms with Gasteiger partial charge in [0.05, 0.1) is 12.2 Å². The van der Waals surface area contributed by atoms with Gasteiger partial charge in [0.25, 0.3) is 5.91 Å². The van der Waals surface area contributed by atoms with Gasteiger partial charge < -0.3 is 19.5 Å². The third-order valence-electron chi connectivity index (χ3n) is 4.00. The molecular weight excluding hydrogens is 348 g/mol. The van der Waals surface area contributed by atoms with Crippen molar-refractivity contribution in [2.24, 2.45) is 0 Å². The van der Waals surface area contributed by atoms with Gasteiger partial charge in [0.2, 0.25) is 0 Å². The average Bonchev–Trinajstić information content (AvgIpc) is 2.62. The van der Waals surface area contributed by atoms with Crippen LogP contribution in [0.2, 0.25) is 0 Å². The van der Waals surface area contributed by atoms with Crippen LogP contribution >= 0.6 is 0 Å². The number of hydrogen-bond donors (Lipinski definition) is 1. The highest BCUT2D eigenvalue weighted by atomic mass is 19.3. The van der Waals surface area contributed by atoms with E-state index in [0.29, 0.717) is 0 Å². The number of benzene rings is 1. The summed E-state index contributed by atoms with van der Waals surface area (Å²) in [5, 5.41) is 2.84. The van der Waals surface area contributed by atoms with Crippen LogP contribution in [0.5, 0.6) is 11.5 Å². The van der Waals surface area contributed by atoms with Gasteiger partial charge in [-0.15, -0.1) is 0 Å². The summed E-state index contributed by atoms with van der Waals surface area (Å²) in [5.74, 6) is -1.26. The van der Waals surface area contributed by atoms with Crippen molar-refractivity contribution in [2.75, 3.05) is 13.2 Å². The van der Waals surface area contributed by atoms with E-state index >= 15 is 0 Å². The van der Waals surface area contributed by atoms with Gasteiger partial charge in [0, 0.05) is 6.04 Å². The molecule has 0 bridgehead atoms. The SMILES string of the molecule is CCOc1cc(C(=O)OCC(=O)NC2CCCCC2)ccc1OC(F)F. The molecule has 0 atom stereocenters. The molecule has 1 aromatic rings. The maximum absolute atomic E-state index is 12.4. The molecule has 0 unspecified atom stereocenters. The number of carbonyl (C=O) groups is 2. The number of carbonyl (C=O) groups excluding carboxylic acids is 2. The smallest absolute Gasteiger partial charge is 0.387 e. The Morgan fingerprint density at radius 1 is 1.19 bits per heavy atom. The van der Waals surface area contributed by atoms with E-state index in [1.54, 1.807) is 6.92 Å². The number of rotatable bonds is 8. The van der Waals surface area contributed by atoms with E-state index in [4.69, 9.17) is 9.47 Å². The molecule has 1 aromatic carbocycles. The minimum atomic E-state index is -3.00. The molecular formula is C18H23F2NO5. The van der Waals surface area contributed by atoms with E-state index in [9.17, 15) is 18.4 Å². The number of halogens is 2. The predicted molar refractivity (Wildman–Crippen MR) is 89.5 cm³/mol. The van der Waals surface area contributed by atoms with Crippen LogP contribution < -0.4 is 14.8 Å². The Hall–Kier alpha value is -2.38. The standard InChI is InChI=1S/C18H23F2NO5/c1-2-24-15-10-12(8-9-14(15)26-18(19)20)17(23)25-11-16(22)21-13-6-4-3-5-7-13/h8-10,13,18H,2-7,11H2,1H3,(H,21,22). The molecule has 0 aromatic heterocycles. The van der Waals surface area contributed by atoms with Crippen LogP contribution in [0.25, 0.3) is 0 Å². The lowest BCUT2D eigenvalue weighted by Gasteiger charge is -2.22. The van der Waals surface area contributed by atoms with Crippen LogP contribution in [0.3, 0.4) is 0 Å². The summed E-state index contributed by atoms with van der Waals surface area (Å²) in [6.07, 6.45) is 5.21. The Kier molecular flexibility index (Phi) is 7.62. The first-order chi connectivity index (χ1) is 12.5. The Morgan fingerprint density at radius 3 is 2.58 bits per heavy atom. The molecule has 0 saturated heterocycles. The quantitative estimate of drug-likeness (QED) is 0.710. The largest absolute Gasteiger partial charge is 0.490 e. The zero-order valence-corrected chi connectivity index (χ0v) is 14.6. The molecule has 0 spiro atoms. The minimum absolute atomic E-state index is 0.00825. The number of ether oxygens (including phenoxy) is 3. The Bertz CT molecular complexity index is 618. The van der Waals surface area contributed by atoms with Crippen molar-refractivity contribution in [3.8, 4) is 11.5 Å². The first kappa shape index (κ1) is 19.9. The number of nitrogens with one attached hydrogen (secondary N) is 1. The summed E-state index contributed by atoms with van der Waals surface area (Å²) >= 11 is 0. The zero-order chi connectivity index (χ0) is 18.9. The second kappa shape index (κ2) is 9.94. The normalized spacial score (nSPS) is 14.8. The molecule has 1 amide bonds. The van der Waals surface area contributed by atoms with Gasteiger partial charge in [0.1, 0.15) is 0 Å². The Balaban J connectivity index is 1.91. The third kappa shape index (κ3) is 6.16. The molecule has 1 aliphatic carbocycles. The number of alkyl halides is 2. The third-order valence-corrected chi connectivity index (χ3v) is 4.00. The maximum Gasteiger partial charge on any atom is 0.387 e. The number of amides is 1. The van der Waals surface area contributed by atoms with E-state index in [0.717, 1.165) is 25.7 Å². The number of esters is 1. The first-order valence-corrected chi connectivity index (χ1v) is 8.67. The molecule has 0 heterocycles. The predicted octanol–water partition coefficient (Wildman–Crippen LogP) is 3.29. The Labute approximate surface area is 150 Å². The topological polar surface area (TPSA) is 73.9 Å². The summed E-state index contributed by atoms with van der Waals surface area (Å²) in [4.78, 5) is 24.0. The van der Waals surface area contributed by atoms with Crippen molar-refractivity contribution >= 4 is 11.9 Å². The van der Waals surface area contributed by atoms with E-state index in [2.05, 4.69) is 10.1 Å². The fourth-order valence-electron chi connectivity index (χ4n) is 2.83. The lowest BCUT2D eigenvalue weighted by molar-refractivity contribution is -0.125. The molecule has 26 heavy (non-hydrogen) atoms. The molecule has 8 heteroatoms. The van der Waals surface area contributed by atoms with Gasteiger partial charge in [-0.1, -0.05) is 19.3 Å². The first-order valence-electron chi connectivity index (χ1n) is 8.67. The Morgan fingerprint density at radius 2 is 1.92 bits per heavy atom. The van der Waals surface area contributed by atoms with Crippen LogP contribution in [0.15, 0.2) is 18.2 Å². The fraction of sp³-hybridized carbons (Fsp3) is 0.556. The van der Waals surface area contributed by atoms with Crippen LogP contribution in [0.4, 0.5) is 8.78 Å². The van der Waals surface area contributed by atoms with Gasteiger partial charge in [-0.05, 0) is 38.0 Å². The highest BCUT2D eigenvalue weighted by Crippen LogP contribution is 2.30. The van der Waals surface area contributed by atoms with Crippen molar-refractivity contribution in [1.82, 2.24) is 5.32 Å². The van der Waals surface area contributed by atoms with Crippen LogP contribution in [-0.4, -0.2) is 37.7 Å². The molecule has 2 rings (SSSR count). The van der Waals surface area contributed by atoms with E-state index in [-0.39, 0.29) is 35.6 Å². The highest BCUT2D eigenvalue weighted by Gasteiger charge is 2.18. The summed E-state index contributed by atoms with van der Waals surface area (Å²) in [7, 11) is 0. The molecule has 1 aliphatic rings. The fourth-order valence-corrected chi connectivity index (χ4v) is 2.83. The van der Waals surface area contributed by atoms with Gasteiger partial charge in [-0.2, -0.15) is 8.78 Å². The van der Waals surface area contributed by atoms with Crippen LogP contribution in [-0.2, 0) is 9.53 Å². The summed E-state index contributed by atoms with van der Waals surface area (Å²) < 4.78 is 39.3. The lowest BCUT2D eigenvalue weighted by Crippen LogP contribution is -2.38. The molecule has 0 radical (unpaired) electrons. The van der Waals surface area contributed by atoms with Gasteiger partial charge in [-0.25, -0.2) is 4.79 Å². The van der Waals surface area contributed by atoms with Gasteiger partial charge >= 0.3 is 12.6 Å². The molecule has 144 valence electrons. The molecule has 0 aliphatic heterocycles. The van der Waals surface area contributed by atoms with Crippen molar-refractivity contribution in [2.45, 2.75) is 51.7 Å². The second-order valence-electron chi connectivity index (χ2n) is 5.95. The highest BCUT2D eigenvalue weighted by molar-refractivity contribution is 5.92. The van der Waals surface area contributed by atoms with Crippen LogP contribution in [0, 0.1) is 0 Å². The van der Waals surface area contributed by atoms with Crippen molar-refractivity contribution in [3.63, 3.8) is 0 Å². The average molecular weight is 371 g/mol. The summed E-state index contributed by atoms with van der Waals surface area (Å²) in [6.45, 7) is -1.51. The van der Waals surface area contributed by atoms with Crippen molar-refractivity contribution in [1.29, 1.82) is 0 Å².